The van der Waals surface area contributed by atoms with Gasteiger partial charge in [0.2, 0.25) is 5.91 Å². The molecule has 0 saturated carbocycles. The number of halogens is 1. The fourth-order valence-corrected chi connectivity index (χ4v) is 3.49. The lowest BCUT2D eigenvalue weighted by atomic mass is 10.1. The van der Waals surface area contributed by atoms with Crippen LogP contribution >= 0.6 is 0 Å². The average molecular weight is 386 g/mol. The fourth-order valence-electron chi connectivity index (χ4n) is 3.49. The van der Waals surface area contributed by atoms with E-state index in [1.54, 1.807) is 29.4 Å². The van der Waals surface area contributed by atoms with E-state index in [1.165, 1.54) is 12.1 Å². The summed E-state index contributed by atoms with van der Waals surface area (Å²) in [6, 6.07) is 6.04. The van der Waals surface area contributed by atoms with E-state index < -0.39 is 0 Å². The van der Waals surface area contributed by atoms with Crippen LogP contribution in [0.25, 0.3) is 0 Å². The topological polar surface area (TPSA) is 67.8 Å². The van der Waals surface area contributed by atoms with Crippen LogP contribution in [0, 0.1) is 5.82 Å². The van der Waals surface area contributed by atoms with Crippen LogP contribution in [0.4, 0.5) is 10.2 Å². The summed E-state index contributed by atoms with van der Waals surface area (Å²) in [6.45, 7) is 3.97. The summed E-state index contributed by atoms with van der Waals surface area (Å²) in [4.78, 5) is 25.2. The lowest BCUT2D eigenvalue weighted by Gasteiger charge is -2.29. The quantitative estimate of drug-likeness (QED) is 0.779. The van der Waals surface area contributed by atoms with Gasteiger partial charge in [0.05, 0.1) is 26.2 Å². The zero-order chi connectivity index (χ0) is 19.3. The molecule has 8 heteroatoms. The van der Waals surface area contributed by atoms with Gasteiger partial charge in [-0.3, -0.25) is 4.79 Å². The van der Waals surface area contributed by atoms with E-state index >= 15 is 0 Å². The predicted molar refractivity (Wildman–Crippen MR) is 101 cm³/mol. The molecule has 7 nitrogen and oxygen atoms in total. The van der Waals surface area contributed by atoms with Gasteiger partial charge in [-0.2, -0.15) is 0 Å². The Morgan fingerprint density at radius 3 is 2.68 bits per heavy atom. The molecular formula is C20H23FN4O3. The molecule has 2 fully saturated rings. The molecule has 1 unspecified atom stereocenters. The lowest BCUT2D eigenvalue weighted by Crippen LogP contribution is -2.37. The number of amides is 1. The van der Waals surface area contributed by atoms with Crippen LogP contribution in [0.15, 0.2) is 36.7 Å². The predicted octanol–water partition coefficient (Wildman–Crippen LogP) is 1.67. The van der Waals surface area contributed by atoms with Crippen molar-refractivity contribution < 1.29 is 18.7 Å². The summed E-state index contributed by atoms with van der Waals surface area (Å²) in [5, 5.41) is 0. The molecule has 0 aliphatic carbocycles. The SMILES string of the molecule is O=C(Cc1ccc(F)cc1)N1CCC(Oc2nccnc2N2CCOCC2)C1. The molecule has 0 spiro atoms. The summed E-state index contributed by atoms with van der Waals surface area (Å²) in [5.74, 6) is 0.945. The number of benzene rings is 1. The molecule has 2 saturated heterocycles. The maximum absolute atomic E-state index is 13.0. The first-order valence-corrected chi connectivity index (χ1v) is 9.51. The zero-order valence-electron chi connectivity index (χ0n) is 15.6. The summed E-state index contributed by atoms with van der Waals surface area (Å²) >= 11 is 0. The van der Waals surface area contributed by atoms with E-state index in [-0.39, 0.29) is 24.2 Å². The lowest BCUT2D eigenvalue weighted by molar-refractivity contribution is -0.129. The molecule has 28 heavy (non-hydrogen) atoms. The molecule has 2 aromatic rings. The normalized spacial score (nSPS) is 19.7. The van der Waals surface area contributed by atoms with Gasteiger partial charge in [0.25, 0.3) is 5.88 Å². The highest BCUT2D eigenvalue weighted by Crippen LogP contribution is 2.26. The molecule has 1 aromatic carbocycles. The second kappa shape index (κ2) is 8.52. The molecular weight excluding hydrogens is 363 g/mol. The standard InChI is InChI=1S/C20H23FN4O3/c21-16-3-1-15(2-4-16)13-18(26)25-8-5-17(14-25)28-20-19(22-6-7-23-20)24-9-11-27-12-10-24/h1-4,6-7,17H,5,8-14H2. The number of hydrogen-bond acceptors (Lipinski definition) is 6. The number of hydrogen-bond donors (Lipinski definition) is 0. The molecule has 2 aliphatic heterocycles. The summed E-state index contributed by atoms with van der Waals surface area (Å²) in [6.07, 6.45) is 4.16. The molecule has 0 radical (unpaired) electrons. The molecule has 4 rings (SSSR count). The zero-order valence-corrected chi connectivity index (χ0v) is 15.6. The minimum atomic E-state index is -0.300. The van der Waals surface area contributed by atoms with E-state index in [0.29, 0.717) is 32.2 Å². The maximum Gasteiger partial charge on any atom is 0.257 e. The van der Waals surface area contributed by atoms with Gasteiger partial charge in [0.15, 0.2) is 5.82 Å². The van der Waals surface area contributed by atoms with Crippen LogP contribution in [0.1, 0.15) is 12.0 Å². The second-order valence-electron chi connectivity index (χ2n) is 6.96. The average Bonchev–Trinajstić information content (AvgIpc) is 3.19. The Balaban J connectivity index is 1.36. The number of carbonyl (C=O) groups excluding carboxylic acids is 1. The van der Waals surface area contributed by atoms with Crippen molar-refractivity contribution in [1.29, 1.82) is 0 Å². The molecule has 148 valence electrons. The molecule has 3 heterocycles. The highest BCUT2D eigenvalue weighted by atomic mass is 19.1. The number of anilines is 1. The van der Waals surface area contributed by atoms with Crippen molar-refractivity contribution in [2.24, 2.45) is 0 Å². The maximum atomic E-state index is 13.0. The fraction of sp³-hybridized carbons (Fsp3) is 0.450. The summed E-state index contributed by atoms with van der Waals surface area (Å²) < 4.78 is 24.5. The first-order chi connectivity index (χ1) is 13.7. The Kier molecular flexibility index (Phi) is 5.66. The van der Waals surface area contributed by atoms with Crippen LogP contribution in [-0.4, -0.2) is 66.3 Å². The first kappa shape index (κ1) is 18.6. The molecule has 2 aliphatic rings. The molecule has 1 amide bonds. The number of nitrogens with zero attached hydrogens (tertiary/aromatic N) is 4. The van der Waals surface area contributed by atoms with Gasteiger partial charge in [0, 0.05) is 38.4 Å². The third-order valence-electron chi connectivity index (χ3n) is 5.00. The number of rotatable bonds is 5. The highest BCUT2D eigenvalue weighted by molar-refractivity contribution is 5.79. The number of carbonyl (C=O) groups is 1. The van der Waals surface area contributed by atoms with E-state index in [0.717, 1.165) is 30.9 Å². The number of likely N-dealkylation sites (tertiary alicyclic amines) is 1. The van der Waals surface area contributed by atoms with Gasteiger partial charge in [-0.15, -0.1) is 0 Å². The van der Waals surface area contributed by atoms with Crippen LogP contribution < -0.4 is 9.64 Å². The number of morpholine rings is 1. The summed E-state index contributed by atoms with van der Waals surface area (Å²) in [7, 11) is 0. The Morgan fingerprint density at radius 2 is 1.89 bits per heavy atom. The Bertz CT molecular complexity index is 811. The van der Waals surface area contributed by atoms with Crippen LogP contribution in [0.3, 0.4) is 0 Å². The third kappa shape index (κ3) is 4.39. The van der Waals surface area contributed by atoms with Crippen molar-refractivity contribution in [1.82, 2.24) is 14.9 Å². The van der Waals surface area contributed by atoms with Gasteiger partial charge in [-0.1, -0.05) is 12.1 Å². The minimum Gasteiger partial charge on any atom is -0.470 e. The Labute approximate surface area is 163 Å². The second-order valence-corrected chi connectivity index (χ2v) is 6.96. The largest absolute Gasteiger partial charge is 0.470 e. The van der Waals surface area contributed by atoms with Crippen molar-refractivity contribution in [3.05, 3.63) is 48.0 Å². The first-order valence-electron chi connectivity index (χ1n) is 9.51. The van der Waals surface area contributed by atoms with Gasteiger partial charge in [0.1, 0.15) is 11.9 Å². The number of ether oxygens (including phenoxy) is 2. The monoisotopic (exact) mass is 386 g/mol. The van der Waals surface area contributed by atoms with Crippen LogP contribution in [-0.2, 0) is 16.0 Å². The smallest absolute Gasteiger partial charge is 0.257 e. The van der Waals surface area contributed by atoms with Gasteiger partial charge < -0.3 is 19.3 Å². The van der Waals surface area contributed by atoms with E-state index in [1.807, 2.05) is 0 Å². The van der Waals surface area contributed by atoms with Crippen molar-refractivity contribution in [2.75, 3.05) is 44.3 Å². The van der Waals surface area contributed by atoms with Gasteiger partial charge >= 0.3 is 0 Å². The molecule has 0 N–H and O–H groups in total. The van der Waals surface area contributed by atoms with E-state index in [2.05, 4.69) is 14.9 Å². The molecule has 0 bridgehead atoms. The van der Waals surface area contributed by atoms with Crippen molar-refractivity contribution in [2.45, 2.75) is 18.9 Å². The van der Waals surface area contributed by atoms with Crippen LogP contribution in [0.2, 0.25) is 0 Å². The minimum absolute atomic E-state index is 0.0188. The third-order valence-corrected chi connectivity index (χ3v) is 5.00. The van der Waals surface area contributed by atoms with Gasteiger partial charge in [-0.05, 0) is 17.7 Å². The molecule has 1 atom stereocenters. The Hall–Kier alpha value is -2.74. The number of aromatic nitrogens is 2. The molecule has 1 aromatic heterocycles. The van der Waals surface area contributed by atoms with Crippen LogP contribution in [0.5, 0.6) is 5.88 Å². The van der Waals surface area contributed by atoms with E-state index in [4.69, 9.17) is 9.47 Å². The van der Waals surface area contributed by atoms with Crippen molar-refractivity contribution >= 4 is 11.7 Å². The van der Waals surface area contributed by atoms with Crippen molar-refractivity contribution in [3.8, 4) is 5.88 Å². The summed E-state index contributed by atoms with van der Waals surface area (Å²) in [5.41, 5.74) is 0.805. The highest BCUT2D eigenvalue weighted by Gasteiger charge is 2.29. The Morgan fingerprint density at radius 1 is 1.14 bits per heavy atom. The van der Waals surface area contributed by atoms with E-state index in [9.17, 15) is 9.18 Å². The van der Waals surface area contributed by atoms with Crippen molar-refractivity contribution in [3.63, 3.8) is 0 Å². The van der Waals surface area contributed by atoms with Gasteiger partial charge in [-0.25, -0.2) is 14.4 Å².